The van der Waals surface area contributed by atoms with E-state index in [0.29, 0.717) is 5.56 Å². The Hall–Kier alpha value is -1.75. The highest BCUT2D eigenvalue weighted by molar-refractivity contribution is 7.81. The van der Waals surface area contributed by atoms with E-state index >= 15 is 0 Å². The van der Waals surface area contributed by atoms with Crippen LogP contribution in [0, 0.1) is 5.92 Å². The minimum Gasteiger partial charge on any atom is -0.480 e. The molecule has 0 saturated heterocycles. The standard InChI is InChI=1S/C10H8O4S/c11-9(12)7(10(13)14)8(15)6-4-2-1-3-5-6/h1-5,7H,(H,11,12)(H,13,14). The molecule has 0 bridgehead atoms. The lowest BCUT2D eigenvalue weighted by Gasteiger charge is -2.08. The number of carboxylic acid groups (broad SMARTS) is 2. The first-order valence-electron chi connectivity index (χ1n) is 4.09. The summed E-state index contributed by atoms with van der Waals surface area (Å²) in [5.41, 5.74) is 0.447. The lowest BCUT2D eigenvalue weighted by molar-refractivity contribution is -0.150. The van der Waals surface area contributed by atoms with Crippen molar-refractivity contribution in [3.63, 3.8) is 0 Å². The van der Waals surface area contributed by atoms with Crippen LogP contribution in [0.1, 0.15) is 5.56 Å². The molecule has 4 nitrogen and oxygen atoms in total. The first-order valence-corrected chi connectivity index (χ1v) is 4.49. The molecule has 0 aliphatic carbocycles. The van der Waals surface area contributed by atoms with Crippen molar-refractivity contribution < 1.29 is 19.8 Å². The maximum atomic E-state index is 10.7. The Balaban J connectivity index is 3.02. The van der Waals surface area contributed by atoms with Crippen molar-refractivity contribution in [2.45, 2.75) is 0 Å². The van der Waals surface area contributed by atoms with Gasteiger partial charge in [0, 0.05) is 4.86 Å². The maximum Gasteiger partial charge on any atom is 0.323 e. The minimum absolute atomic E-state index is 0.0874. The summed E-state index contributed by atoms with van der Waals surface area (Å²) in [6.07, 6.45) is 0. The van der Waals surface area contributed by atoms with Gasteiger partial charge in [-0.1, -0.05) is 42.5 Å². The first kappa shape index (κ1) is 11.3. The Kier molecular flexibility index (Phi) is 3.51. The number of thiocarbonyl (C=S) groups is 1. The molecule has 0 amide bonds. The molecule has 0 aliphatic rings. The normalized spacial score (nSPS) is 9.93. The second-order valence-electron chi connectivity index (χ2n) is 2.84. The van der Waals surface area contributed by atoms with E-state index in [9.17, 15) is 9.59 Å². The van der Waals surface area contributed by atoms with Gasteiger partial charge >= 0.3 is 11.9 Å². The van der Waals surface area contributed by atoms with Crippen molar-refractivity contribution in [3.05, 3.63) is 35.9 Å². The number of aliphatic carboxylic acids is 2. The average molecular weight is 224 g/mol. The molecule has 1 rings (SSSR count). The molecule has 0 atom stereocenters. The second-order valence-corrected chi connectivity index (χ2v) is 3.28. The van der Waals surface area contributed by atoms with Gasteiger partial charge in [-0.05, 0) is 5.56 Å². The van der Waals surface area contributed by atoms with Gasteiger partial charge in [0.1, 0.15) is 0 Å². The second kappa shape index (κ2) is 4.65. The van der Waals surface area contributed by atoms with Crippen LogP contribution in [0.4, 0.5) is 0 Å². The third-order valence-corrected chi connectivity index (χ3v) is 2.29. The molecule has 1 aromatic carbocycles. The molecule has 0 aliphatic heterocycles. The van der Waals surface area contributed by atoms with E-state index in [2.05, 4.69) is 0 Å². The fraction of sp³-hybridized carbons (Fsp3) is 0.100. The molecule has 0 aromatic heterocycles. The molecule has 5 heteroatoms. The summed E-state index contributed by atoms with van der Waals surface area (Å²) >= 11 is 4.83. The number of hydrogen-bond acceptors (Lipinski definition) is 3. The lowest BCUT2D eigenvalue weighted by atomic mass is 9.99. The fourth-order valence-corrected chi connectivity index (χ4v) is 1.44. The molecule has 0 heterocycles. The zero-order valence-electron chi connectivity index (χ0n) is 7.58. The van der Waals surface area contributed by atoms with Gasteiger partial charge < -0.3 is 10.2 Å². The van der Waals surface area contributed by atoms with Crippen LogP contribution < -0.4 is 0 Å². The van der Waals surface area contributed by atoms with Crippen molar-refractivity contribution in [2.75, 3.05) is 0 Å². The van der Waals surface area contributed by atoms with Crippen LogP contribution >= 0.6 is 12.2 Å². The van der Waals surface area contributed by atoms with Crippen LogP contribution in [0.25, 0.3) is 0 Å². The third kappa shape index (κ3) is 2.60. The molecule has 78 valence electrons. The van der Waals surface area contributed by atoms with E-state index < -0.39 is 17.9 Å². The van der Waals surface area contributed by atoms with Crippen molar-refractivity contribution in [2.24, 2.45) is 5.92 Å². The number of benzene rings is 1. The van der Waals surface area contributed by atoms with E-state index in [1.807, 2.05) is 0 Å². The molecule has 0 saturated carbocycles. The van der Waals surface area contributed by atoms with Crippen LogP contribution in [-0.2, 0) is 9.59 Å². The first-order chi connectivity index (χ1) is 7.04. The molecular formula is C10H8O4S. The van der Waals surface area contributed by atoms with Gasteiger partial charge in [-0.15, -0.1) is 0 Å². The van der Waals surface area contributed by atoms with Crippen LogP contribution in [0.5, 0.6) is 0 Å². The van der Waals surface area contributed by atoms with Gasteiger partial charge in [-0.25, -0.2) is 0 Å². The van der Waals surface area contributed by atoms with E-state index in [4.69, 9.17) is 22.4 Å². The van der Waals surface area contributed by atoms with Gasteiger partial charge in [0.15, 0.2) is 5.92 Å². The predicted molar refractivity (Wildman–Crippen MR) is 56.9 cm³/mol. The van der Waals surface area contributed by atoms with E-state index in [-0.39, 0.29) is 4.86 Å². The maximum absolute atomic E-state index is 10.7. The van der Waals surface area contributed by atoms with Crippen LogP contribution in [0.2, 0.25) is 0 Å². The SMILES string of the molecule is O=C(O)C(C(=O)O)C(=S)c1ccccc1. The monoisotopic (exact) mass is 224 g/mol. The molecule has 0 spiro atoms. The number of rotatable bonds is 4. The number of carboxylic acids is 2. The summed E-state index contributed by atoms with van der Waals surface area (Å²) in [7, 11) is 0. The van der Waals surface area contributed by atoms with Crippen molar-refractivity contribution in [1.82, 2.24) is 0 Å². The fourth-order valence-electron chi connectivity index (χ4n) is 1.10. The van der Waals surface area contributed by atoms with Crippen molar-refractivity contribution in [1.29, 1.82) is 0 Å². The smallest absolute Gasteiger partial charge is 0.323 e. The van der Waals surface area contributed by atoms with Gasteiger partial charge in [-0.3, -0.25) is 9.59 Å². The summed E-state index contributed by atoms with van der Waals surface area (Å²) in [4.78, 5) is 21.3. The molecular weight excluding hydrogens is 216 g/mol. The minimum atomic E-state index is -1.66. The van der Waals surface area contributed by atoms with Gasteiger partial charge in [0.2, 0.25) is 0 Å². The quantitative estimate of drug-likeness (QED) is 0.456. The largest absolute Gasteiger partial charge is 0.480 e. The summed E-state index contributed by atoms with van der Waals surface area (Å²) in [6, 6.07) is 8.25. The summed E-state index contributed by atoms with van der Waals surface area (Å²) in [6.45, 7) is 0. The average Bonchev–Trinajstić information content (AvgIpc) is 2.18. The summed E-state index contributed by atoms with van der Waals surface area (Å²) in [5.74, 6) is -4.56. The highest BCUT2D eigenvalue weighted by Gasteiger charge is 2.30. The highest BCUT2D eigenvalue weighted by Crippen LogP contribution is 2.11. The predicted octanol–water partition coefficient (Wildman–Crippen LogP) is 1.19. The topological polar surface area (TPSA) is 74.6 Å². The Morgan fingerprint density at radius 3 is 1.93 bits per heavy atom. The Morgan fingerprint density at radius 1 is 1.07 bits per heavy atom. The van der Waals surface area contributed by atoms with Crippen LogP contribution in [0.3, 0.4) is 0 Å². The van der Waals surface area contributed by atoms with E-state index in [1.54, 1.807) is 30.3 Å². The van der Waals surface area contributed by atoms with Crippen LogP contribution in [0.15, 0.2) is 30.3 Å². The molecule has 0 unspecified atom stereocenters. The van der Waals surface area contributed by atoms with Crippen molar-refractivity contribution in [3.8, 4) is 0 Å². The summed E-state index contributed by atoms with van der Waals surface area (Å²) in [5, 5.41) is 17.4. The van der Waals surface area contributed by atoms with Gasteiger partial charge in [0.05, 0.1) is 0 Å². The molecule has 1 aromatic rings. The zero-order chi connectivity index (χ0) is 11.4. The van der Waals surface area contributed by atoms with Crippen molar-refractivity contribution >= 4 is 29.0 Å². The Labute approximate surface area is 91.2 Å². The summed E-state index contributed by atoms with van der Waals surface area (Å²) < 4.78 is 0. The lowest BCUT2D eigenvalue weighted by Crippen LogP contribution is -2.30. The zero-order valence-corrected chi connectivity index (χ0v) is 8.40. The third-order valence-electron chi connectivity index (χ3n) is 1.81. The molecule has 0 fully saturated rings. The Bertz CT molecular complexity index is 385. The Morgan fingerprint density at radius 2 is 1.53 bits per heavy atom. The number of carbonyl (C=O) groups is 2. The van der Waals surface area contributed by atoms with Gasteiger partial charge in [0.25, 0.3) is 0 Å². The number of hydrogen-bond donors (Lipinski definition) is 2. The molecule has 2 N–H and O–H groups in total. The van der Waals surface area contributed by atoms with E-state index in [1.165, 1.54) is 0 Å². The van der Waals surface area contributed by atoms with Gasteiger partial charge in [-0.2, -0.15) is 0 Å². The van der Waals surface area contributed by atoms with E-state index in [0.717, 1.165) is 0 Å². The van der Waals surface area contributed by atoms with Crippen LogP contribution in [-0.4, -0.2) is 27.0 Å². The highest BCUT2D eigenvalue weighted by atomic mass is 32.1. The molecule has 15 heavy (non-hydrogen) atoms. The molecule has 0 radical (unpaired) electrons.